The number of hydrogen-bond donors (Lipinski definition) is 1. The number of carbonyl (C=O) groups excluding carboxylic acids is 1. The molecule has 1 heterocycles. The van der Waals surface area contributed by atoms with E-state index in [0.717, 1.165) is 17.7 Å². The molecule has 1 aromatic rings. The Labute approximate surface area is 124 Å². The molecule has 0 bridgehead atoms. The molecule has 0 fully saturated rings. The van der Waals surface area contributed by atoms with Crippen molar-refractivity contribution in [3.63, 3.8) is 0 Å². The smallest absolute Gasteiger partial charge is 0.346 e. The average molecular weight is 291 g/mol. The number of benzene rings is 1. The van der Waals surface area contributed by atoms with Crippen LogP contribution in [-0.2, 0) is 4.74 Å². The molecule has 1 unspecified atom stereocenters. The molecule has 1 aliphatic rings. The van der Waals surface area contributed by atoms with E-state index in [1.54, 1.807) is 12.0 Å². The molecular weight excluding hydrogens is 270 g/mol. The van der Waals surface area contributed by atoms with E-state index in [1.807, 2.05) is 24.3 Å². The van der Waals surface area contributed by atoms with Crippen molar-refractivity contribution >= 4 is 11.9 Å². The predicted molar refractivity (Wildman–Crippen MR) is 80.6 cm³/mol. The summed E-state index contributed by atoms with van der Waals surface area (Å²) in [7, 11) is 1.60. The van der Waals surface area contributed by atoms with Crippen LogP contribution in [0, 0.1) is 0 Å². The minimum atomic E-state index is -0.349. The second-order valence-corrected chi connectivity index (χ2v) is 4.83. The van der Waals surface area contributed by atoms with Gasteiger partial charge in [-0.25, -0.2) is 4.79 Å². The number of aliphatic imine (C=N–C) groups is 1. The molecular formula is C15H21N3O3. The standard InChI is InChI=1S/C15H21N3O3/c1-3-8-21-12-6-4-5-11(10-12)13-14(16)17-15(19)18(13)7-9-20-2/h4-6,10,13H,3,7-9H2,1-2H3,(H2,16,17,19). The maximum absolute atomic E-state index is 11.9. The van der Waals surface area contributed by atoms with E-state index in [1.165, 1.54) is 0 Å². The van der Waals surface area contributed by atoms with Crippen LogP contribution in [0.1, 0.15) is 24.9 Å². The Morgan fingerprint density at radius 1 is 1.38 bits per heavy atom. The molecule has 2 N–H and O–H groups in total. The quantitative estimate of drug-likeness (QED) is 0.833. The zero-order chi connectivity index (χ0) is 15.2. The zero-order valence-corrected chi connectivity index (χ0v) is 12.4. The van der Waals surface area contributed by atoms with Crippen LogP contribution in [-0.4, -0.2) is 43.6 Å². The summed E-state index contributed by atoms with van der Waals surface area (Å²) in [5.74, 6) is 1.08. The van der Waals surface area contributed by atoms with E-state index >= 15 is 0 Å². The van der Waals surface area contributed by atoms with Crippen LogP contribution in [0.2, 0.25) is 0 Å². The third-order valence-electron chi connectivity index (χ3n) is 3.25. The number of ether oxygens (including phenoxy) is 2. The molecule has 21 heavy (non-hydrogen) atoms. The van der Waals surface area contributed by atoms with Crippen LogP contribution in [0.15, 0.2) is 29.3 Å². The molecule has 0 radical (unpaired) electrons. The maximum Gasteiger partial charge on any atom is 0.346 e. The Bertz CT molecular complexity index is 531. The molecule has 0 spiro atoms. The first-order chi connectivity index (χ1) is 10.2. The fraction of sp³-hybridized carbons (Fsp3) is 0.467. The monoisotopic (exact) mass is 291 g/mol. The van der Waals surface area contributed by atoms with Gasteiger partial charge in [-0.1, -0.05) is 19.1 Å². The fourth-order valence-electron chi connectivity index (χ4n) is 2.27. The SMILES string of the molecule is CCCOc1cccc(C2C(N)=NC(=O)N2CCOC)c1. The first-order valence-electron chi connectivity index (χ1n) is 7.03. The van der Waals surface area contributed by atoms with Crippen LogP contribution in [0.4, 0.5) is 4.79 Å². The molecule has 0 saturated carbocycles. The van der Waals surface area contributed by atoms with Crippen molar-refractivity contribution in [2.24, 2.45) is 10.7 Å². The van der Waals surface area contributed by atoms with Crippen LogP contribution >= 0.6 is 0 Å². The molecule has 1 aromatic carbocycles. The summed E-state index contributed by atoms with van der Waals surface area (Å²) in [6.45, 7) is 3.60. The Kier molecular flexibility index (Phi) is 5.16. The van der Waals surface area contributed by atoms with Crippen LogP contribution in [0.25, 0.3) is 0 Å². The highest BCUT2D eigenvalue weighted by Gasteiger charge is 2.34. The van der Waals surface area contributed by atoms with E-state index in [0.29, 0.717) is 25.6 Å². The number of nitrogens with zero attached hydrogens (tertiary/aromatic N) is 2. The maximum atomic E-state index is 11.9. The summed E-state index contributed by atoms with van der Waals surface area (Å²) < 4.78 is 10.7. The van der Waals surface area contributed by atoms with E-state index in [-0.39, 0.29) is 12.1 Å². The summed E-state index contributed by atoms with van der Waals surface area (Å²) in [6.07, 6.45) is 0.940. The van der Waals surface area contributed by atoms with E-state index < -0.39 is 0 Å². The highest BCUT2D eigenvalue weighted by Crippen LogP contribution is 2.28. The molecule has 0 saturated heterocycles. The van der Waals surface area contributed by atoms with Gasteiger partial charge in [0.15, 0.2) is 0 Å². The number of amidine groups is 1. The van der Waals surface area contributed by atoms with Crippen molar-refractivity contribution < 1.29 is 14.3 Å². The third kappa shape index (κ3) is 3.52. The van der Waals surface area contributed by atoms with E-state index in [9.17, 15) is 4.79 Å². The van der Waals surface area contributed by atoms with Gasteiger partial charge in [-0.15, -0.1) is 0 Å². The van der Waals surface area contributed by atoms with Crippen molar-refractivity contribution in [2.45, 2.75) is 19.4 Å². The number of hydrogen-bond acceptors (Lipinski definition) is 4. The van der Waals surface area contributed by atoms with Crippen molar-refractivity contribution in [2.75, 3.05) is 26.9 Å². The summed E-state index contributed by atoms with van der Waals surface area (Å²) in [5, 5.41) is 0. The lowest BCUT2D eigenvalue weighted by molar-refractivity contribution is 0.150. The molecule has 6 heteroatoms. The summed E-state index contributed by atoms with van der Waals surface area (Å²) >= 11 is 0. The van der Waals surface area contributed by atoms with Gasteiger partial charge in [-0.3, -0.25) is 0 Å². The number of nitrogens with two attached hydrogens (primary N) is 1. The van der Waals surface area contributed by atoms with Gasteiger partial charge in [-0.2, -0.15) is 4.99 Å². The normalized spacial score (nSPS) is 18.0. The van der Waals surface area contributed by atoms with E-state index in [4.69, 9.17) is 15.2 Å². The van der Waals surface area contributed by atoms with Gasteiger partial charge < -0.3 is 20.1 Å². The number of rotatable bonds is 7. The van der Waals surface area contributed by atoms with E-state index in [2.05, 4.69) is 11.9 Å². The minimum Gasteiger partial charge on any atom is -0.494 e. The van der Waals surface area contributed by atoms with Gasteiger partial charge in [-0.05, 0) is 24.1 Å². The molecule has 0 aliphatic carbocycles. The Morgan fingerprint density at radius 3 is 2.90 bits per heavy atom. The Morgan fingerprint density at radius 2 is 2.19 bits per heavy atom. The fourth-order valence-corrected chi connectivity index (χ4v) is 2.27. The predicted octanol–water partition coefficient (Wildman–Crippen LogP) is 1.96. The van der Waals surface area contributed by atoms with Gasteiger partial charge in [0.2, 0.25) is 0 Å². The lowest BCUT2D eigenvalue weighted by atomic mass is 10.1. The molecule has 2 rings (SSSR count). The number of carbonyl (C=O) groups is 1. The first kappa shape index (κ1) is 15.3. The van der Waals surface area contributed by atoms with Crippen molar-refractivity contribution in [1.29, 1.82) is 0 Å². The summed E-state index contributed by atoms with van der Waals surface area (Å²) in [6, 6.07) is 6.94. The molecule has 1 aliphatic heterocycles. The summed E-state index contributed by atoms with van der Waals surface area (Å²) in [4.78, 5) is 17.4. The average Bonchev–Trinajstić information content (AvgIpc) is 2.77. The second kappa shape index (κ2) is 7.08. The molecule has 2 amide bonds. The van der Waals surface area contributed by atoms with Crippen molar-refractivity contribution in [3.8, 4) is 5.75 Å². The third-order valence-corrected chi connectivity index (χ3v) is 3.25. The largest absolute Gasteiger partial charge is 0.494 e. The molecule has 0 aromatic heterocycles. The lowest BCUT2D eigenvalue weighted by Crippen LogP contribution is -2.35. The lowest BCUT2D eigenvalue weighted by Gasteiger charge is -2.24. The van der Waals surface area contributed by atoms with Crippen LogP contribution in [0.3, 0.4) is 0 Å². The van der Waals surface area contributed by atoms with Gasteiger partial charge in [0.25, 0.3) is 0 Å². The highest BCUT2D eigenvalue weighted by atomic mass is 16.5. The Hall–Kier alpha value is -2.08. The zero-order valence-electron chi connectivity index (χ0n) is 12.4. The minimum absolute atomic E-state index is 0.309. The molecule has 6 nitrogen and oxygen atoms in total. The number of urea groups is 1. The first-order valence-corrected chi connectivity index (χ1v) is 7.03. The second-order valence-electron chi connectivity index (χ2n) is 4.83. The number of amides is 2. The topological polar surface area (TPSA) is 77.2 Å². The van der Waals surface area contributed by atoms with Gasteiger partial charge in [0, 0.05) is 13.7 Å². The van der Waals surface area contributed by atoms with Crippen LogP contribution in [0.5, 0.6) is 5.75 Å². The van der Waals surface area contributed by atoms with Crippen molar-refractivity contribution in [3.05, 3.63) is 29.8 Å². The summed E-state index contributed by atoms with van der Waals surface area (Å²) in [5.41, 5.74) is 6.81. The molecule has 114 valence electrons. The van der Waals surface area contributed by atoms with Gasteiger partial charge >= 0.3 is 6.03 Å². The molecule has 1 atom stereocenters. The Balaban J connectivity index is 2.21. The van der Waals surface area contributed by atoms with Crippen LogP contribution < -0.4 is 10.5 Å². The highest BCUT2D eigenvalue weighted by molar-refractivity contribution is 6.03. The van der Waals surface area contributed by atoms with Gasteiger partial charge in [0.1, 0.15) is 17.6 Å². The van der Waals surface area contributed by atoms with Crippen molar-refractivity contribution in [1.82, 2.24) is 4.90 Å². The number of methoxy groups -OCH3 is 1. The van der Waals surface area contributed by atoms with Gasteiger partial charge in [0.05, 0.1) is 13.2 Å².